The van der Waals surface area contributed by atoms with Gasteiger partial charge in [-0.15, -0.1) is 11.8 Å². The van der Waals surface area contributed by atoms with E-state index in [-0.39, 0.29) is 36.2 Å². The van der Waals surface area contributed by atoms with E-state index < -0.39 is 0 Å². The lowest BCUT2D eigenvalue weighted by Gasteiger charge is -2.26. The van der Waals surface area contributed by atoms with Crippen LogP contribution in [0.15, 0.2) is 24.3 Å². The summed E-state index contributed by atoms with van der Waals surface area (Å²) in [4.78, 5) is 27.2. The van der Waals surface area contributed by atoms with Crippen LogP contribution in [0.1, 0.15) is 30.7 Å². The Kier molecular flexibility index (Phi) is 7.71. The van der Waals surface area contributed by atoms with Gasteiger partial charge in [0.05, 0.1) is 13.7 Å². The molecule has 138 valence electrons. The average Bonchev–Trinajstić information content (AvgIpc) is 3.10. The number of amides is 1. The molecule has 7 heteroatoms. The number of benzene rings is 1. The molecule has 0 radical (unpaired) electrons. The van der Waals surface area contributed by atoms with E-state index in [2.05, 4.69) is 6.92 Å². The van der Waals surface area contributed by atoms with Gasteiger partial charge in [-0.2, -0.15) is 0 Å². The van der Waals surface area contributed by atoms with Gasteiger partial charge < -0.3 is 14.5 Å². The molecule has 0 aliphatic carbocycles. The van der Waals surface area contributed by atoms with Crippen molar-refractivity contribution in [2.45, 2.75) is 25.1 Å². The second-order valence-corrected chi connectivity index (χ2v) is 7.33. The van der Waals surface area contributed by atoms with Crippen LogP contribution in [0.25, 0.3) is 0 Å². The monoisotopic (exact) mass is 369 g/mol. The third-order valence-electron chi connectivity index (χ3n) is 4.27. The molecular weight excluding hydrogens is 343 g/mol. The number of methoxy groups -OCH3 is 1. The van der Waals surface area contributed by atoms with Crippen molar-refractivity contribution in [1.29, 1.82) is 0 Å². The molecular formula is C18H26FN2O3S+. The summed E-state index contributed by atoms with van der Waals surface area (Å²) in [6.07, 6.45) is 1.96. The topological polar surface area (TPSA) is 51.1 Å². The number of unbranched alkanes of at least 4 members (excludes halogenated alkanes) is 1. The van der Waals surface area contributed by atoms with Crippen molar-refractivity contribution in [1.82, 2.24) is 4.90 Å². The Balaban J connectivity index is 2.02. The molecule has 1 unspecified atom stereocenters. The van der Waals surface area contributed by atoms with Crippen molar-refractivity contribution in [3.63, 3.8) is 0 Å². The Labute approximate surface area is 152 Å². The molecule has 25 heavy (non-hydrogen) atoms. The highest BCUT2D eigenvalue weighted by molar-refractivity contribution is 7.99. The van der Waals surface area contributed by atoms with Gasteiger partial charge in [0.15, 0.2) is 13.1 Å². The van der Waals surface area contributed by atoms with Crippen LogP contribution < -0.4 is 4.90 Å². The lowest BCUT2D eigenvalue weighted by molar-refractivity contribution is -0.885. The summed E-state index contributed by atoms with van der Waals surface area (Å²) in [5, 5.41) is -0.0846. The maximum absolute atomic E-state index is 13.1. The number of rotatable bonds is 8. The molecule has 1 saturated heterocycles. The zero-order chi connectivity index (χ0) is 18.2. The van der Waals surface area contributed by atoms with E-state index in [9.17, 15) is 14.0 Å². The van der Waals surface area contributed by atoms with E-state index >= 15 is 0 Å². The third kappa shape index (κ3) is 5.71. The van der Waals surface area contributed by atoms with Gasteiger partial charge in [0, 0.05) is 12.3 Å². The Morgan fingerprint density at radius 2 is 2.04 bits per heavy atom. The Morgan fingerprint density at radius 3 is 2.68 bits per heavy atom. The van der Waals surface area contributed by atoms with Gasteiger partial charge in [0.1, 0.15) is 11.2 Å². The largest absolute Gasteiger partial charge is 0.465 e. The van der Waals surface area contributed by atoms with Crippen molar-refractivity contribution in [3.05, 3.63) is 35.6 Å². The number of thioether (sulfide) groups is 1. The number of hydrogen-bond donors (Lipinski definition) is 1. The number of esters is 1. The Morgan fingerprint density at radius 1 is 1.32 bits per heavy atom. The summed E-state index contributed by atoms with van der Waals surface area (Å²) in [5.41, 5.74) is 0.931. The third-order valence-corrected chi connectivity index (χ3v) is 5.53. The normalized spacial score (nSPS) is 18.2. The van der Waals surface area contributed by atoms with Gasteiger partial charge in [0.25, 0.3) is 5.91 Å². The van der Waals surface area contributed by atoms with E-state index in [1.165, 1.54) is 19.2 Å². The van der Waals surface area contributed by atoms with Crippen LogP contribution in [-0.4, -0.2) is 55.8 Å². The molecule has 5 nitrogen and oxygen atoms in total. The molecule has 1 fully saturated rings. The highest BCUT2D eigenvalue weighted by atomic mass is 32.2. The number of nitrogens with zero attached hydrogens (tertiary/aromatic N) is 1. The summed E-state index contributed by atoms with van der Waals surface area (Å²) in [6.45, 7) is 3.99. The minimum Gasteiger partial charge on any atom is -0.465 e. The van der Waals surface area contributed by atoms with Crippen LogP contribution in [0.2, 0.25) is 0 Å². The molecule has 2 rings (SSSR count). The summed E-state index contributed by atoms with van der Waals surface area (Å²) < 4.78 is 17.9. The molecule has 1 aliphatic rings. The van der Waals surface area contributed by atoms with Crippen molar-refractivity contribution >= 4 is 23.6 Å². The molecule has 2 atom stereocenters. The first-order chi connectivity index (χ1) is 12.0. The van der Waals surface area contributed by atoms with Gasteiger partial charge in [-0.1, -0.05) is 25.5 Å². The second kappa shape index (κ2) is 9.77. The molecule has 1 aromatic rings. The molecule has 1 N–H and O–H groups in total. The maximum Gasteiger partial charge on any atom is 0.361 e. The van der Waals surface area contributed by atoms with Crippen LogP contribution in [0.3, 0.4) is 0 Å². The first kappa shape index (κ1) is 19.7. The van der Waals surface area contributed by atoms with E-state index in [1.54, 1.807) is 23.9 Å². The number of carbonyl (C=O) groups excluding carboxylic acids is 2. The molecule has 0 spiro atoms. The minimum absolute atomic E-state index is 0.0225. The summed E-state index contributed by atoms with van der Waals surface area (Å²) in [7, 11) is 1.36. The number of halogens is 1. The smallest absolute Gasteiger partial charge is 0.361 e. The highest BCUT2D eigenvalue weighted by Crippen LogP contribution is 2.37. The molecule has 1 amide bonds. The van der Waals surface area contributed by atoms with Crippen molar-refractivity contribution in [3.8, 4) is 0 Å². The van der Waals surface area contributed by atoms with E-state index in [1.807, 2.05) is 4.90 Å². The van der Waals surface area contributed by atoms with Crippen LogP contribution in [-0.2, 0) is 14.3 Å². The van der Waals surface area contributed by atoms with E-state index in [0.29, 0.717) is 6.54 Å². The van der Waals surface area contributed by atoms with Crippen LogP contribution in [0.5, 0.6) is 0 Å². The van der Waals surface area contributed by atoms with E-state index in [0.717, 1.165) is 35.6 Å². The zero-order valence-electron chi connectivity index (χ0n) is 14.8. The fourth-order valence-corrected chi connectivity index (χ4v) is 4.16. The molecule has 0 saturated carbocycles. The number of nitrogens with one attached hydrogen (secondary N) is 1. The number of hydrogen-bond acceptors (Lipinski definition) is 4. The lowest BCUT2D eigenvalue weighted by Crippen LogP contribution is -3.14. The fourth-order valence-electron chi connectivity index (χ4n) is 2.89. The van der Waals surface area contributed by atoms with Gasteiger partial charge in [-0.05, 0) is 24.1 Å². The minimum atomic E-state index is -0.301. The molecule has 0 bridgehead atoms. The predicted molar refractivity (Wildman–Crippen MR) is 95.8 cm³/mol. The molecule has 0 aromatic heterocycles. The number of quaternary nitrogens is 1. The molecule has 1 aromatic carbocycles. The van der Waals surface area contributed by atoms with Crippen molar-refractivity contribution in [2.24, 2.45) is 0 Å². The Bertz CT molecular complexity index is 582. The molecule has 1 heterocycles. The SMILES string of the molecule is CCCC[NH+](CC(=O)OC)CC(=O)N1CCS[C@H]1c1ccc(F)cc1. The standard InChI is InChI=1S/C18H25FN2O3S/c1-3-4-9-20(13-17(23)24-2)12-16(22)21-10-11-25-18(21)14-5-7-15(19)8-6-14/h5-8,18H,3-4,9-13H2,1-2H3/p+1/t18-/m0/s1. The second-order valence-electron chi connectivity index (χ2n) is 6.15. The van der Waals surface area contributed by atoms with Crippen LogP contribution >= 0.6 is 11.8 Å². The first-order valence-electron chi connectivity index (χ1n) is 8.62. The van der Waals surface area contributed by atoms with E-state index in [4.69, 9.17) is 4.74 Å². The zero-order valence-corrected chi connectivity index (χ0v) is 15.6. The summed E-state index contributed by atoms with van der Waals surface area (Å²) in [6, 6.07) is 6.31. The summed E-state index contributed by atoms with van der Waals surface area (Å²) in [5.74, 6) is 0.298. The van der Waals surface area contributed by atoms with Crippen LogP contribution in [0.4, 0.5) is 4.39 Å². The quantitative estimate of drug-likeness (QED) is 0.701. The maximum atomic E-state index is 13.1. The number of carbonyl (C=O) groups is 2. The first-order valence-corrected chi connectivity index (χ1v) is 9.67. The summed E-state index contributed by atoms with van der Waals surface area (Å²) >= 11 is 1.68. The van der Waals surface area contributed by atoms with Gasteiger partial charge >= 0.3 is 5.97 Å². The van der Waals surface area contributed by atoms with Gasteiger partial charge in [-0.3, -0.25) is 4.79 Å². The number of ether oxygens (including phenoxy) is 1. The average molecular weight is 369 g/mol. The van der Waals surface area contributed by atoms with Gasteiger partial charge in [0.2, 0.25) is 0 Å². The highest BCUT2D eigenvalue weighted by Gasteiger charge is 2.32. The van der Waals surface area contributed by atoms with Gasteiger partial charge in [-0.25, -0.2) is 9.18 Å². The van der Waals surface area contributed by atoms with Crippen molar-refractivity contribution < 1.29 is 23.6 Å². The van der Waals surface area contributed by atoms with Crippen molar-refractivity contribution in [2.75, 3.05) is 39.0 Å². The predicted octanol–water partition coefficient (Wildman–Crippen LogP) is 1.26. The molecule has 1 aliphatic heterocycles. The lowest BCUT2D eigenvalue weighted by atomic mass is 10.2. The Hall–Kier alpha value is -1.60. The van der Waals surface area contributed by atoms with Crippen LogP contribution in [0, 0.1) is 5.82 Å². The fraction of sp³-hybridized carbons (Fsp3) is 0.556.